The lowest BCUT2D eigenvalue weighted by molar-refractivity contribution is -0.141. The lowest BCUT2D eigenvalue weighted by Crippen LogP contribution is -2.27. The van der Waals surface area contributed by atoms with Crippen LogP contribution >= 0.6 is 0 Å². The highest BCUT2D eigenvalue weighted by Crippen LogP contribution is 2.01. The van der Waals surface area contributed by atoms with E-state index in [4.69, 9.17) is 0 Å². The summed E-state index contributed by atoms with van der Waals surface area (Å²) in [5, 5.41) is 2.70. The molecule has 0 aliphatic carbocycles. The molecule has 0 aromatic rings. The van der Waals surface area contributed by atoms with Gasteiger partial charge in [-0.3, -0.25) is 9.59 Å². The second-order valence-corrected chi connectivity index (χ2v) is 3.50. The minimum Gasteiger partial charge on any atom is -0.464 e. The quantitative estimate of drug-likeness (QED) is 0.494. The first-order chi connectivity index (χ1) is 7.16. The van der Waals surface area contributed by atoms with Crippen LogP contribution in [0.25, 0.3) is 0 Å². The van der Waals surface area contributed by atoms with Gasteiger partial charge in [-0.1, -0.05) is 26.2 Å². The number of amides is 1. The van der Waals surface area contributed by atoms with Crippen LogP contribution in [0.3, 0.4) is 0 Å². The zero-order chi connectivity index (χ0) is 11.5. The molecule has 0 rings (SSSR count). The number of rotatable bonds is 8. The van der Waals surface area contributed by atoms with Gasteiger partial charge < -0.3 is 10.1 Å². The number of carbonyl (C=O) groups is 2. The Balaban J connectivity index is 3.22. The summed E-state index contributed by atoms with van der Waals surface area (Å²) in [6.07, 6.45) is 4.97. The third-order valence-corrected chi connectivity index (χ3v) is 1.99. The number of nitrogens with one attached hydrogen (secondary N) is 1. The van der Waals surface area contributed by atoms with E-state index >= 15 is 0 Å². The molecular weight excluding hydrogens is 194 g/mol. The summed E-state index contributed by atoms with van der Waals surface area (Å²) in [6, 6.07) is 0. The van der Waals surface area contributed by atoms with Crippen molar-refractivity contribution in [2.24, 2.45) is 0 Å². The molecule has 0 aliphatic heterocycles. The monoisotopic (exact) mass is 215 g/mol. The summed E-state index contributed by atoms with van der Waals surface area (Å²) in [5.74, 6) is -0.273. The molecule has 0 bridgehead atoms. The van der Waals surface area contributed by atoms with Crippen LogP contribution in [0.2, 0.25) is 0 Å². The van der Waals surface area contributed by atoms with Gasteiger partial charge in [0.2, 0.25) is 5.91 Å². The van der Waals surface area contributed by atoms with Gasteiger partial charge >= 0.3 is 5.97 Å². The van der Waals surface area contributed by atoms with Crippen molar-refractivity contribution in [2.75, 3.05) is 13.2 Å². The lowest BCUT2D eigenvalue weighted by atomic mass is 10.1. The summed E-state index contributed by atoms with van der Waals surface area (Å²) >= 11 is 0. The summed E-state index contributed by atoms with van der Waals surface area (Å²) < 4.78 is 4.68. The molecule has 0 saturated heterocycles. The molecule has 0 aliphatic rings. The maximum absolute atomic E-state index is 11.2. The van der Waals surface area contributed by atoms with Crippen LogP contribution in [-0.4, -0.2) is 25.0 Å². The van der Waals surface area contributed by atoms with Crippen LogP contribution in [-0.2, 0) is 14.3 Å². The van der Waals surface area contributed by atoms with Gasteiger partial charge in [-0.15, -0.1) is 0 Å². The molecule has 0 unspecified atom stereocenters. The first-order valence-electron chi connectivity index (χ1n) is 5.57. The Kier molecular flexibility index (Phi) is 8.82. The Hall–Kier alpha value is -1.06. The van der Waals surface area contributed by atoms with E-state index in [9.17, 15) is 9.59 Å². The van der Waals surface area contributed by atoms with E-state index in [2.05, 4.69) is 17.0 Å². The van der Waals surface area contributed by atoms with Crippen molar-refractivity contribution in [1.29, 1.82) is 0 Å². The van der Waals surface area contributed by atoms with Gasteiger partial charge in [-0.2, -0.15) is 0 Å². The van der Waals surface area contributed by atoms with Gasteiger partial charge in [0.1, 0.15) is 6.61 Å². The predicted molar refractivity (Wildman–Crippen MR) is 58.4 cm³/mol. The van der Waals surface area contributed by atoms with Crippen molar-refractivity contribution in [1.82, 2.24) is 5.32 Å². The Morgan fingerprint density at radius 3 is 2.53 bits per heavy atom. The topological polar surface area (TPSA) is 55.4 Å². The number of hydrogen-bond donors (Lipinski definition) is 1. The average molecular weight is 215 g/mol. The van der Waals surface area contributed by atoms with Crippen LogP contribution in [0.4, 0.5) is 0 Å². The largest absolute Gasteiger partial charge is 0.464 e. The summed E-state index contributed by atoms with van der Waals surface area (Å²) in [6.45, 7) is 4.16. The molecule has 4 nitrogen and oxygen atoms in total. The van der Waals surface area contributed by atoms with Crippen molar-refractivity contribution in [2.45, 2.75) is 46.0 Å². The van der Waals surface area contributed by atoms with Crippen LogP contribution in [0, 0.1) is 0 Å². The number of hydrogen-bond acceptors (Lipinski definition) is 3. The maximum Gasteiger partial charge on any atom is 0.302 e. The Morgan fingerprint density at radius 2 is 1.93 bits per heavy atom. The maximum atomic E-state index is 11.2. The highest BCUT2D eigenvalue weighted by molar-refractivity contribution is 5.75. The Morgan fingerprint density at radius 1 is 1.20 bits per heavy atom. The second-order valence-electron chi connectivity index (χ2n) is 3.50. The molecule has 0 spiro atoms. The highest BCUT2D eigenvalue weighted by Gasteiger charge is 2.00. The fourth-order valence-electron chi connectivity index (χ4n) is 1.19. The lowest BCUT2D eigenvalue weighted by Gasteiger charge is -2.04. The number of ether oxygens (including phenoxy) is 1. The van der Waals surface area contributed by atoms with Crippen molar-refractivity contribution >= 4 is 11.9 Å². The molecular formula is C11H21NO3. The van der Waals surface area contributed by atoms with E-state index in [1.165, 1.54) is 19.8 Å². The smallest absolute Gasteiger partial charge is 0.302 e. The van der Waals surface area contributed by atoms with Crippen LogP contribution in [0.5, 0.6) is 0 Å². The second kappa shape index (κ2) is 9.49. The average Bonchev–Trinajstić information content (AvgIpc) is 2.19. The van der Waals surface area contributed by atoms with Gasteiger partial charge in [0.05, 0.1) is 6.54 Å². The number of carbonyl (C=O) groups excluding carboxylic acids is 2. The standard InChI is InChI=1S/C11H21NO3/c1-3-4-5-6-7-11(14)12-8-9-15-10(2)13/h3-9H2,1-2H3,(H,12,14). The third-order valence-electron chi connectivity index (χ3n) is 1.99. The van der Waals surface area contributed by atoms with Crippen molar-refractivity contribution < 1.29 is 14.3 Å². The van der Waals surface area contributed by atoms with Crippen molar-refractivity contribution in [3.05, 3.63) is 0 Å². The van der Waals surface area contributed by atoms with Crippen LogP contribution < -0.4 is 5.32 Å². The molecule has 1 N–H and O–H groups in total. The van der Waals surface area contributed by atoms with Crippen molar-refractivity contribution in [3.8, 4) is 0 Å². The van der Waals surface area contributed by atoms with E-state index in [-0.39, 0.29) is 18.5 Å². The van der Waals surface area contributed by atoms with E-state index in [0.717, 1.165) is 12.8 Å². The zero-order valence-electron chi connectivity index (χ0n) is 9.67. The first kappa shape index (κ1) is 13.9. The molecule has 88 valence electrons. The summed E-state index contributed by atoms with van der Waals surface area (Å²) in [5.41, 5.74) is 0. The van der Waals surface area contributed by atoms with Gasteiger partial charge in [0.15, 0.2) is 0 Å². The van der Waals surface area contributed by atoms with Gasteiger partial charge in [-0.25, -0.2) is 0 Å². The molecule has 0 radical (unpaired) electrons. The molecule has 0 fully saturated rings. The SMILES string of the molecule is CCCCCCC(=O)NCCOC(C)=O. The molecule has 0 saturated carbocycles. The van der Waals surface area contributed by atoms with E-state index < -0.39 is 0 Å². The zero-order valence-corrected chi connectivity index (χ0v) is 9.67. The van der Waals surface area contributed by atoms with Gasteiger partial charge in [-0.05, 0) is 6.42 Å². The van der Waals surface area contributed by atoms with Crippen molar-refractivity contribution in [3.63, 3.8) is 0 Å². The predicted octanol–water partition coefficient (Wildman–Crippen LogP) is 1.64. The summed E-state index contributed by atoms with van der Waals surface area (Å²) in [7, 11) is 0. The Bertz CT molecular complexity index is 192. The van der Waals surface area contributed by atoms with Crippen LogP contribution in [0.15, 0.2) is 0 Å². The number of esters is 1. The normalized spacial score (nSPS) is 9.73. The molecule has 0 atom stereocenters. The minimum absolute atomic E-state index is 0.0401. The third kappa shape index (κ3) is 10.9. The number of unbranched alkanes of at least 4 members (excludes halogenated alkanes) is 3. The molecule has 0 aromatic carbocycles. The van der Waals surface area contributed by atoms with Gasteiger partial charge in [0.25, 0.3) is 0 Å². The highest BCUT2D eigenvalue weighted by atomic mass is 16.5. The molecule has 1 amide bonds. The summed E-state index contributed by atoms with van der Waals surface area (Å²) in [4.78, 5) is 21.6. The fraction of sp³-hybridized carbons (Fsp3) is 0.818. The fourth-order valence-corrected chi connectivity index (χ4v) is 1.19. The molecule has 15 heavy (non-hydrogen) atoms. The molecule has 0 aromatic heterocycles. The van der Waals surface area contributed by atoms with Crippen LogP contribution in [0.1, 0.15) is 46.0 Å². The first-order valence-corrected chi connectivity index (χ1v) is 5.57. The van der Waals surface area contributed by atoms with E-state index in [1.807, 2.05) is 0 Å². The molecule has 0 heterocycles. The minimum atomic E-state index is -0.313. The van der Waals surface area contributed by atoms with E-state index in [1.54, 1.807) is 0 Å². The van der Waals surface area contributed by atoms with Gasteiger partial charge in [0, 0.05) is 13.3 Å². The molecule has 4 heteroatoms. The Labute approximate surface area is 91.4 Å². The van der Waals surface area contributed by atoms with E-state index in [0.29, 0.717) is 13.0 Å².